The summed E-state index contributed by atoms with van der Waals surface area (Å²) < 4.78 is 39.0. The molecule has 0 fully saturated rings. The molecule has 2 aromatic rings. The molecule has 0 amide bonds. The summed E-state index contributed by atoms with van der Waals surface area (Å²) in [6, 6.07) is 3.07. The van der Waals surface area contributed by atoms with Gasteiger partial charge in [0.05, 0.1) is 10.5 Å². The van der Waals surface area contributed by atoms with Crippen LogP contribution in [0.1, 0.15) is 11.3 Å². The average molecular weight is 340 g/mol. The Kier molecular flexibility index (Phi) is 3.19. The van der Waals surface area contributed by atoms with Gasteiger partial charge in [0.15, 0.2) is 0 Å². The van der Waals surface area contributed by atoms with Crippen molar-refractivity contribution in [2.45, 2.75) is 13.1 Å². The Morgan fingerprint density at radius 1 is 1.33 bits per heavy atom. The van der Waals surface area contributed by atoms with E-state index in [1.807, 2.05) is 0 Å². The highest BCUT2D eigenvalue weighted by molar-refractivity contribution is 9.10. The van der Waals surface area contributed by atoms with E-state index in [0.717, 1.165) is 0 Å². The molecule has 0 aliphatic carbocycles. The zero-order valence-corrected chi connectivity index (χ0v) is 11.4. The van der Waals surface area contributed by atoms with Crippen molar-refractivity contribution in [2.75, 3.05) is 5.73 Å². The third-order valence-corrected chi connectivity index (χ3v) is 3.32. The van der Waals surface area contributed by atoms with Crippen molar-refractivity contribution in [3.05, 3.63) is 32.9 Å². The Morgan fingerprint density at radius 2 is 1.94 bits per heavy atom. The molecule has 0 aliphatic heterocycles. The topological polar surface area (TPSA) is 38.9 Å². The Hall–Kier alpha value is -1.01. The number of pyridine rings is 1. The molecule has 96 valence electrons. The third kappa shape index (κ3) is 2.14. The van der Waals surface area contributed by atoms with Gasteiger partial charge in [-0.3, -0.25) is 0 Å². The van der Waals surface area contributed by atoms with E-state index in [9.17, 15) is 13.2 Å². The smallest absolute Gasteiger partial charge is 0.398 e. The Bertz CT molecular complexity index is 640. The summed E-state index contributed by atoms with van der Waals surface area (Å²) in [6.45, 7) is 1.29. The van der Waals surface area contributed by atoms with Gasteiger partial charge in [0, 0.05) is 21.1 Å². The molecule has 0 unspecified atom stereocenters. The number of hydrogen-bond acceptors (Lipinski definition) is 2. The molecule has 2 rings (SSSR count). The molecule has 0 spiro atoms. The summed E-state index contributed by atoms with van der Waals surface area (Å²) in [5.74, 6) is 0. The first-order valence-corrected chi connectivity index (χ1v) is 6.01. The van der Waals surface area contributed by atoms with E-state index < -0.39 is 11.9 Å². The van der Waals surface area contributed by atoms with Crippen LogP contribution in [0.25, 0.3) is 10.9 Å². The number of nitrogens with two attached hydrogens (primary N) is 1. The van der Waals surface area contributed by atoms with Crippen LogP contribution in [0.15, 0.2) is 16.6 Å². The van der Waals surface area contributed by atoms with Crippen LogP contribution in [0.5, 0.6) is 0 Å². The van der Waals surface area contributed by atoms with E-state index in [4.69, 9.17) is 17.3 Å². The van der Waals surface area contributed by atoms with Gasteiger partial charge in [-0.15, -0.1) is 0 Å². The number of hydrogen-bond donors (Lipinski definition) is 1. The lowest BCUT2D eigenvalue weighted by Gasteiger charge is -2.14. The highest BCUT2D eigenvalue weighted by Gasteiger charge is 2.36. The second kappa shape index (κ2) is 4.28. The summed E-state index contributed by atoms with van der Waals surface area (Å²) in [6.07, 6.45) is -4.55. The molecule has 1 heterocycles. The maximum Gasteiger partial charge on any atom is 0.433 e. The molecule has 1 aromatic heterocycles. The summed E-state index contributed by atoms with van der Waals surface area (Å²) in [4.78, 5) is 3.59. The second-order valence-corrected chi connectivity index (χ2v) is 5.10. The van der Waals surface area contributed by atoms with Gasteiger partial charge in [-0.2, -0.15) is 13.2 Å². The Labute approximate surface area is 114 Å². The zero-order valence-electron chi connectivity index (χ0n) is 9.07. The van der Waals surface area contributed by atoms with Crippen LogP contribution in [-0.4, -0.2) is 4.98 Å². The molecule has 0 bridgehead atoms. The predicted octanol–water partition coefficient (Wildman–Crippen LogP) is 4.56. The summed E-state index contributed by atoms with van der Waals surface area (Å²) in [5.41, 5.74) is 4.73. The Balaban J connectivity index is 2.93. The SMILES string of the molecule is Cc1c(C(F)(F)F)nc2c(Cl)cc(Br)cc2c1N. The number of halogens is 5. The summed E-state index contributed by atoms with van der Waals surface area (Å²) >= 11 is 9.10. The fourth-order valence-corrected chi connectivity index (χ4v) is 2.54. The molecule has 0 saturated carbocycles. The molecule has 2 nitrogen and oxygen atoms in total. The van der Waals surface area contributed by atoms with Crippen LogP contribution >= 0.6 is 27.5 Å². The van der Waals surface area contributed by atoms with E-state index in [0.29, 0.717) is 9.86 Å². The monoisotopic (exact) mass is 338 g/mol. The van der Waals surface area contributed by atoms with Gasteiger partial charge in [-0.25, -0.2) is 4.98 Å². The molecule has 0 atom stereocenters. The van der Waals surface area contributed by atoms with Crippen LogP contribution in [0.4, 0.5) is 18.9 Å². The molecule has 7 heteroatoms. The molecule has 2 N–H and O–H groups in total. The second-order valence-electron chi connectivity index (χ2n) is 3.78. The number of benzene rings is 1. The number of anilines is 1. The molecular formula is C11H7BrClF3N2. The van der Waals surface area contributed by atoms with Gasteiger partial charge in [-0.1, -0.05) is 27.5 Å². The van der Waals surface area contributed by atoms with Gasteiger partial charge < -0.3 is 5.73 Å². The van der Waals surface area contributed by atoms with Gasteiger partial charge >= 0.3 is 6.18 Å². The lowest BCUT2D eigenvalue weighted by Crippen LogP contribution is -2.12. The van der Waals surface area contributed by atoms with Crippen LogP contribution in [0, 0.1) is 6.92 Å². The maximum atomic E-state index is 12.8. The first kappa shape index (κ1) is 13.4. The van der Waals surface area contributed by atoms with E-state index in [2.05, 4.69) is 20.9 Å². The van der Waals surface area contributed by atoms with E-state index >= 15 is 0 Å². The van der Waals surface area contributed by atoms with Crippen molar-refractivity contribution in [1.82, 2.24) is 4.98 Å². The first-order valence-electron chi connectivity index (χ1n) is 4.84. The predicted molar refractivity (Wildman–Crippen MR) is 68.6 cm³/mol. The van der Waals surface area contributed by atoms with Crippen molar-refractivity contribution in [3.63, 3.8) is 0 Å². The average Bonchev–Trinajstić information content (AvgIpc) is 2.22. The number of rotatable bonds is 0. The summed E-state index contributed by atoms with van der Waals surface area (Å²) in [7, 11) is 0. The number of fused-ring (bicyclic) bond motifs is 1. The normalized spacial score (nSPS) is 12.1. The highest BCUT2D eigenvalue weighted by Crippen LogP contribution is 2.38. The van der Waals surface area contributed by atoms with E-state index in [1.165, 1.54) is 13.0 Å². The molecule has 18 heavy (non-hydrogen) atoms. The third-order valence-electron chi connectivity index (χ3n) is 2.57. The molecule has 0 saturated heterocycles. The van der Waals surface area contributed by atoms with Gasteiger partial charge in [0.2, 0.25) is 0 Å². The minimum absolute atomic E-state index is 0.0375. The van der Waals surface area contributed by atoms with Crippen molar-refractivity contribution >= 4 is 44.1 Å². The largest absolute Gasteiger partial charge is 0.433 e. The number of aromatic nitrogens is 1. The number of nitrogen functional groups attached to an aromatic ring is 1. The van der Waals surface area contributed by atoms with Crippen molar-refractivity contribution in [2.24, 2.45) is 0 Å². The lowest BCUT2D eigenvalue weighted by molar-refractivity contribution is -0.141. The van der Waals surface area contributed by atoms with Crippen molar-refractivity contribution < 1.29 is 13.2 Å². The van der Waals surface area contributed by atoms with Crippen LogP contribution in [-0.2, 0) is 6.18 Å². The standard InChI is InChI=1S/C11H7BrClF3N2/c1-4-8(17)6-2-5(12)3-7(13)9(6)18-10(4)11(14,15)16/h2-3H,1H3,(H2,17,18). The Morgan fingerprint density at radius 3 is 2.50 bits per heavy atom. The van der Waals surface area contributed by atoms with Gasteiger partial charge in [0.25, 0.3) is 0 Å². The van der Waals surface area contributed by atoms with Gasteiger partial charge in [0.1, 0.15) is 5.69 Å². The minimum atomic E-state index is -4.55. The van der Waals surface area contributed by atoms with Crippen LogP contribution < -0.4 is 5.73 Å². The van der Waals surface area contributed by atoms with Gasteiger partial charge in [-0.05, 0) is 19.1 Å². The molecule has 0 radical (unpaired) electrons. The summed E-state index contributed by atoms with van der Waals surface area (Å²) in [5, 5.41) is 0.524. The quantitative estimate of drug-likeness (QED) is 0.764. The van der Waals surface area contributed by atoms with Crippen molar-refractivity contribution in [3.8, 4) is 0 Å². The fourth-order valence-electron chi connectivity index (χ4n) is 1.69. The maximum absolute atomic E-state index is 12.8. The molecule has 1 aromatic carbocycles. The van der Waals surface area contributed by atoms with E-state index in [1.54, 1.807) is 6.07 Å². The first-order chi connectivity index (χ1) is 8.21. The fraction of sp³-hybridized carbons (Fsp3) is 0.182. The zero-order chi connectivity index (χ0) is 13.7. The van der Waals surface area contributed by atoms with Crippen LogP contribution in [0.3, 0.4) is 0 Å². The van der Waals surface area contributed by atoms with Crippen molar-refractivity contribution in [1.29, 1.82) is 0 Å². The van der Waals surface area contributed by atoms with Crippen LogP contribution in [0.2, 0.25) is 5.02 Å². The number of alkyl halides is 3. The van der Waals surface area contributed by atoms with E-state index in [-0.39, 0.29) is 21.8 Å². The minimum Gasteiger partial charge on any atom is -0.398 e. The molecule has 0 aliphatic rings. The highest BCUT2D eigenvalue weighted by atomic mass is 79.9. The molecular weight excluding hydrogens is 332 g/mol. The number of nitrogens with zero attached hydrogens (tertiary/aromatic N) is 1. The lowest BCUT2D eigenvalue weighted by atomic mass is 10.1.